The van der Waals surface area contributed by atoms with Crippen molar-refractivity contribution in [3.8, 4) is 5.88 Å². The third-order valence-corrected chi connectivity index (χ3v) is 2.32. The van der Waals surface area contributed by atoms with Crippen molar-refractivity contribution in [2.75, 3.05) is 19.0 Å². The van der Waals surface area contributed by atoms with Crippen LogP contribution in [0.4, 0.5) is 5.95 Å². The van der Waals surface area contributed by atoms with E-state index in [1.54, 1.807) is 24.2 Å². The van der Waals surface area contributed by atoms with Gasteiger partial charge in [-0.3, -0.25) is 4.68 Å². The third-order valence-electron chi connectivity index (χ3n) is 2.32. The Labute approximate surface area is 105 Å². The first-order valence-electron chi connectivity index (χ1n) is 5.65. The van der Waals surface area contributed by atoms with Gasteiger partial charge in [0.05, 0.1) is 7.11 Å². The lowest BCUT2D eigenvalue weighted by Crippen LogP contribution is -2.10. The molecule has 7 nitrogen and oxygen atoms in total. The topological polar surface area (TPSA) is 77.8 Å². The second kappa shape index (κ2) is 5.44. The number of ether oxygens (including phenoxy) is 1. The van der Waals surface area contributed by atoms with Crippen LogP contribution in [0.15, 0.2) is 12.4 Å². The van der Waals surface area contributed by atoms with Gasteiger partial charge in [-0.1, -0.05) is 0 Å². The van der Waals surface area contributed by atoms with E-state index in [-0.39, 0.29) is 0 Å². The van der Waals surface area contributed by atoms with Crippen molar-refractivity contribution in [2.45, 2.75) is 13.3 Å². The van der Waals surface area contributed by atoms with E-state index in [1.807, 2.05) is 14.0 Å². The van der Waals surface area contributed by atoms with E-state index in [1.165, 1.54) is 0 Å². The Morgan fingerprint density at radius 3 is 2.89 bits per heavy atom. The van der Waals surface area contributed by atoms with E-state index in [9.17, 15) is 0 Å². The highest BCUT2D eigenvalue weighted by Crippen LogP contribution is 2.10. The highest BCUT2D eigenvalue weighted by atomic mass is 16.5. The smallest absolute Gasteiger partial charge is 0.226 e. The fraction of sp³-hybridized carbons (Fsp3) is 0.455. The molecular formula is C11H16N6O. The summed E-state index contributed by atoms with van der Waals surface area (Å²) in [4.78, 5) is 12.6. The Kier molecular flexibility index (Phi) is 3.71. The van der Waals surface area contributed by atoms with Crippen LogP contribution in [0.3, 0.4) is 0 Å². The molecule has 0 saturated heterocycles. The van der Waals surface area contributed by atoms with E-state index in [0.717, 1.165) is 17.9 Å². The molecule has 0 radical (unpaired) electrons. The van der Waals surface area contributed by atoms with Gasteiger partial charge < -0.3 is 10.1 Å². The highest BCUT2D eigenvalue weighted by molar-refractivity contribution is 5.30. The molecule has 0 aliphatic carbocycles. The lowest BCUT2D eigenvalue weighted by molar-refractivity contribution is 0.397. The maximum atomic E-state index is 5.08. The van der Waals surface area contributed by atoms with Crippen molar-refractivity contribution in [1.29, 1.82) is 0 Å². The first-order valence-corrected chi connectivity index (χ1v) is 5.65. The van der Waals surface area contributed by atoms with Crippen molar-refractivity contribution >= 4 is 5.95 Å². The monoisotopic (exact) mass is 248 g/mol. The van der Waals surface area contributed by atoms with Crippen molar-refractivity contribution in [2.24, 2.45) is 7.05 Å². The Balaban J connectivity index is 1.91. The van der Waals surface area contributed by atoms with Gasteiger partial charge in [0.25, 0.3) is 0 Å². The van der Waals surface area contributed by atoms with E-state index >= 15 is 0 Å². The van der Waals surface area contributed by atoms with Gasteiger partial charge in [0.2, 0.25) is 11.8 Å². The Hall–Kier alpha value is -2.18. The van der Waals surface area contributed by atoms with Crippen LogP contribution in [0.25, 0.3) is 0 Å². The number of hydrogen-bond acceptors (Lipinski definition) is 6. The van der Waals surface area contributed by atoms with Gasteiger partial charge in [0.15, 0.2) is 5.82 Å². The Morgan fingerprint density at radius 1 is 1.39 bits per heavy atom. The van der Waals surface area contributed by atoms with Gasteiger partial charge in [-0.2, -0.15) is 10.1 Å². The van der Waals surface area contributed by atoms with Gasteiger partial charge >= 0.3 is 0 Å². The summed E-state index contributed by atoms with van der Waals surface area (Å²) in [6, 6.07) is 1.78. The summed E-state index contributed by atoms with van der Waals surface area (Å²) in [6.45, 7) is 2.58. The van der Waals surface area contributed by atoms with Crippen LogP contribution in [-0.2, 0) is 13.5 Å². The Morgan fingerprint density at radius 2 is 2.22 bits per heavy atom. The minimum absolute atomic E-state index is 0.556. The predicted molar refractivity (Wildman–Crippen MR) is 66.5 cm³/mol. The van der Waals surface area contributed by atoms with Crippen LogP contribution in [0.1, 0.15) is 11.5 Å². The number of aryl methyl sites for hydroxylation is 2. The molecule has 2 aromatic rings. The van der Waals surface area contributed by atoms with Crippen LogP contribution >= 0.6 is 0 Å². The maximum absolute atomic E-state index is 5.08. The first kappa shape index (κ1) is 12.3. The number of nitrogens with one attached hydrogen (secondary N) is 1. The maximum Gasteiger partial charge on any atom is 0.226 e. The largest absolute Gasteiger partial charge is 0.481 e. The van der Waals surface area contributed by atoms with Gasteiger partial charge in [0, 0.05) is 31.8 Å². The molecule has 0 bridgehead atoms. The number of rotatable bonds is 5. The van der Waals surface area contributed by atoms with E-state index in [2.05, 4.69) is 25.4 Å². The van der Waals surface area contributed by atoms with Crippen LogP contribution in [0, 0.1) is 6.92 Å². The molecule has 0 amide bonds. The molecule has 2 rings (SSSR count). The normalized spacial score (nSPS) is 10.4. The van der Waals surface area contributed by atoms with Crippen molar-refractivity contribution < 1.29 is 4.74 Å². The molecule has 18 heavy (non-hydrogen) atoms. The van der Waals surface area contributed by atoms with Crippen LogP contribution < -0.4 is 10.1 Å². The fourth-order valence-corrected chi connectivity index (χ4v) is 1.51. The van der Waals surface area contributed by atoms with Crippen molar-refractivity contribution in [1.82, 2.24) is 24.7 Å². The zero-order valence-corrected chi connectivity index (χ0v) is 10.7. The van der Waals surface area contributed by atoms with E-state index in [4.69, 9.17) is 4.74 Å². The summed E-state index contributed by atoms with van der Waals surface area (Å²) in [7, 11) is 3.43. The molecule has 0 saturated carbocycles. The molecule has 0 fully saturated rings. The van der Waals surface area contributed by atoms with Gasteiger partial charge in [-0.15, -0.1) is 0 Å². The molecule has 0 unspecified atom stereocenters. The quantitative estimate of drug-likeness (QED) is 0.833. The molecule has 0 aliphatic rings. The number of anilines is 1. The van der Waals surface area contributed by atoms with Crippen molar-refractivity contribution in [3.63, 3.8) is 0 Å². The predicted octanol–water partition coefficient (Wildman–Crippen LogP) is 0.577. The molecule has 1 N–H and O–H groups in total. The summed E-state index contributed by atoms with van der Waals surface area (Å²) < 4.78 is 6.77. The highest BCUT2D eigenvalue weighted by Gasteiger charge is 2.03. The molecule has 2 aromatic heterocycles. The van der Waals surface area contributed by atoms with Gasteiger partial charge in [-0.25, -0.2) is 9.97 Å². The summed E-state index contributed by atoms with van der Waals surface area (Å²) >= 11 is 0. The summed E-state index contributed by atoms with van der Waals surface area (Å²) in [6.07, 6.45) is 2.40. The number of methoxy groups -OCH3 is 1. The molecule has 0 spiro atoms. The fourth-order valence-electron chi connectivity index (χ4n) is 1.51. The summed E-state index contributed by atoms with van der Waals surface area (Å²) in [5.74, 6) is 1.91. The van der Waals surface area contributed by atoms with Gasteiger partial charge in [-0.05, 0) is 6.92 Å². The number of nitrogens with zero attached hydrogens (tertiary/aromatic N) is 5. The standard InChI is InChI=1S/C11H16N6O/c1-8-6-10(18-3)15-11(14-8)12-5-4-9-13-7-17(2)16-9/h6-7H,4-5H2,1-3H3,(H,12,14,15). The zero-order chi connectivity index (χ0) is 13.0. The lowest BCUT2D eigenvalue weighted by atomic mass is 10.4. The molecule has 0 aromatic carbocycles. The van der Waals surface area contributed by atoms with Crippen LogP contribution in [0.5, 0.6) is 5.88 Å². The lowest BCUT2D eigenvalue weighted by Gasteiger charge is -2.06. The molecule has 0 atom stereocenters. The molecular weight excluding hydrogens is 232 g/mol. The summed E-state index contributed by atoms with van der Waals surface area (Å²) in [5.41, 5.74) is 0.861. The zero-order valence-electron chi connectivity index (χ0n) is 10.7. The molecule has 2 heterocycles. The summed E-state index contributed by atoms with van der Waals surface area (Å²) in [5, 5.41) is 7.32. The molecule has 0 aliphatic heterocycles. The second-order valence-electron chi connectivity index (χ2n) is 3.89. The van der Waals surface area contributed by atoms with E-state index in [0.29, 0.717) is 18.4 Å². The second-order valence-corrected chi connectivity index (χ2v) is 3.89. The van der Waals surface area contributed by atoms with Gasteiger partial charge in [0.1, 0.15) is 6.33 Å². The third kappa shape index (κ3) is 3.16. The SMILES string of the molecule is COc1cc(C)nc(NCCc2ncn(C)n2)n1. The molecule has 96 valence electrons. The van der Waals surface area contributed by atoms with Crippen LogP contribution in [0.2, 0.25) is 0 Å². The van der Waals surface area contributed by atoms with Crippen LogP contribution in [-0.4, -0.2) is 38.4 Å². The first-order chi connectivity index (χ1) is 8.67. The average Bonchev–Trinajstić information content (AvgIpc) is 2.74. The van der Waals surface area contributed by atoms with Crippen molar-refractivity contribution in [3.05, 3.63) is 23.9 Å². The average molecular weight is 248 g/mol. The minimum Gasteiger partial charge on any atom is -0.481 e. The Bertz CT molecular complexity index is 524. The number of aromatic nitrogens is 5. The van der Waals surface area contributed by atoms with E-state index < -0.39 is 0 Å². The minimum atomic E-state index is 0.556. The number of hydrogen-bond donors (Lipinski definition) is 1. The molecule has 7 heteroatoms.